The zero-order valence-electron chi connectivity index (χ0n) is 21.5. The second kappa shape index (κ2) is 12.5. The van der Waals surface area contributed by atoms with E-state index in [0.29, 0.717) is 22.9 Å². The summed E-state index contributed by atoms with van der Waals surface area (Å²) in [5.41, 5.74) is 0.328. The van der Waals surface area contributed by atoms with Crippen molar-refractivity contribution < 1.29 is 24.2 Å². The highest BCUT2D eigenvalue weighted by atomic mass is 16.5. The molecule has 0 fully saturated rings. The van der Waals surface area contributed by atoms with Crippen LogP contribution in [0.5, 0.6) is 5.88 Å². The Labute approximate surface area is 217 Å². The van der Waals surface area contributed by atoms with Gasteiger partial charge < -0.3 is 34.9 Å². The smallest absolute Gasteiger partial charge is 0.405 e. The van der Waals surface area contributed by atoms with E-state index in [4.69, 9.17) is 9.84 Å². The van der Waals surface area contributed by atoms with Crippen LogP contribution in [0.1, 0.15) is 32.5 Å². The van der Waals surface area contributed by atoms with Gasteiger partial charge in [-0.25, -0.2) is 14.8 Å². The molecule has 0 aliphatic rings. The normalized spacial score (nSPS) is 12.0. The van der Waals surface area contributed by atoms with Crippen molar-refractivity contribution >= 4 is 34.8 Å². The summed E-state index contributed by atoms with van der Waals surface area (Å²) in [5.74, 6) is -0.176. The lowest BCUT2D eigenvalue weighted by Crippen LogP contribution is -2.44. The van der Waals surface area contributed by atoms with Gasteiger partial charge in [0.1, 0.15) is 29.4 Å². The molecule has 0 saturated heterocycles. The maximum Gasteiger partial charge on any atom is 0.405 e. The van der Waals surface area contributed by atoms with Crippen LogP contribution < -0.4 is 20.9 Å². The summed E-state index contributed by atoms with van der Waals surface area (Å²) in [6.07, 6.45) is 4.60. The van der Waals surface area contributed by atoms with E-state index >= 15 is 0 Å². The van der Waals surface area contributed by atoms with Crippen LogP contribution in [-0.2, 0) is 16.1 Å². The number of amides is 3. The number of likely N-dealkylation sites (N-methyl/N-ethyl adjacent to an activating group) is 1. The second-order valence-electron chi connectivity index (χ2n) is 8.79. The van der Waals surface area contributed by atoms with Gasteiger partial charge in [0.2, 0.25) is 17.7 Å². The predicted octanol–water partition coefficient (Wildman–Crippen LogP) is 1.35. The van der Waals surface area contributed by atoms with Gasteiger partial charge in [0.15, 0.2) is 5.65 Å². The number of carbonyl (C=O) groups excluding carboxylic acids is 2. The van der Waals surface area contributed by atoms with Crippen LogP contribution in [0.25, 0.3) is 11.2 Å². The Morgan fingerprint density at radius 2 is 2.03 bits per heavy atom. The number of nitrogens with zero attached hydrogens (tertiary/aromatic N) is 5. The molecule has 38 heavy (non-hydrogen) atoms. The van der Waals surface area contributed by atoms with Crippen LogP contribution in [0.4, 0.5) is 10.5 Å². The highest BCUT2D eigenvalue weighted by molar-refractivity contribution is 5.96. The monoisotopic (exact) mass is 526 g/mol. The lowest BCUT2D eigenvalue weighted by atomic mass is 10.1. The van der Waals surface area contributed by atoms with E-state index in [2.05, 4.69) is 30.6 Å². The molecule has 0 bridgehead atoms. The molecule has 1 atom stereocenters. The largest absolute Gasteiger partial charge is 0.473 e. The average Bonchev–Trinajstić information content (AvgIpc) is 3.26. The van der Waals surface area contributed by atoms with E-state index in [1.165, 1.54) is 34.1 Å². The van der Waals surface area contributed by atoms with Crippen molar-refractivity contribution in [1.82, 2.24) is 34.7 Å². The maximum absolute atomic E-state index is 13.0. The van der Waals surface area contributed by atoms with Gasteiger partial charge in [0.05, 0.1) is 12.6 Å². The number of hydrogen-bond donors (Lipinski definition) is 4. The third-order valence-electron chi connectivity index (χ3n) is 5.19. The van der Waals surface area contributed by atoms with Crippen molar-refractivity contribution in [3.63, 3.8) is 0 Å². The molecular weight excluding hydrogens is 496 g/mol. The van der Waals surface area contributed by atoms with Crippen LogP contribution in [-0.4, -0.2) is 78.7 Å². The molecule has 3 rings (SSSR count). The summed E-state index contributed by atoms with van der Waals surface area (Å²) >= 11 is 0. The van der Waals surface area contributed by atoms with Crippen molar-refractivity contribution in [3.05, 3.63) is 53.0 Å². The highest BCUT2D eigenvalue weighted by Gasteiger charge is 2.21. The Hall–Kier alpha value is -4.75. The van der Waals surface area contributed by atoms with E-state index in [0.717, 1.165) is 0 Å². The molecular formula is C24H30N8O6. The molecule has 14 nitrogen and oxygen atoms in total. The number of imidazole rings is 1. The van der Waals surface area contributed by atoms with Gasteiger partial charge in [-0.2, -0.15) is 4.98 Å². The van der Waals surface area contributed by atoms with Gasteiger partial charge >= 0.3 is 6.09 Å². The van der Waals surface area contributed by atoms with E-state index in [9.17, 15) is 19.2 Å². The topological polar surface area (TPSA) is 184 Å². The van der Waals surface area contributed by atoms with Crippen LogP contribution in [0.15, 0.2) is 41.6 Å². The number of hydrogen-bond acceptors (Lipinski definition) is 8. The molecule has 3 aromatic rings. The minimum Gasteiger partial charge on any atom is -0.473 e. The highest BCUT2D eigenvalue weighted by Crippen LogP contribution is 2.20. The van der Waals surface area contributed by atoms with Gasteiger partial charge in [0.25, 0.3) is 5.56 Å². The Balaban J connectivity index is 1.74. The fourth-order valence-electron chi connectivity index (χ4n) is 3.39. The number of carbonyl (C=O) groups is 3. The minimum absolute atomic E-state index is 0.0345. The molecule has 0 spiro atoms. The summed E-state index contributed by atoms with van der Waals surface area (Å²) in [4.78, 5) is 65.8. The molecule has 0 radical (unpaired) electrons. The fraction of sp³-hybridized carbons (Fsp3) is 0.375. The molecule has 3 heterocycles. The van der Waals surface area contributed by atoms with Crippen LogP contribution >= 0.6 is 0 Å². The molecule has 0 aliphatic heterocycles. The molecule has 4 N–H and O–H groups in total. The number of anilines is 1. The third kappa shape index (κ3) is 7.38. The molecule has 202 valence electrons. The lowest BCUT2D eigenvalue weighted by molar-refractivity contribution is -0.123. The second-order valence-corrected chi connectivity index (χ2v) is 8.79. The summed E-state index contributed by atoms with van der Waals surface area (Å²) < 4.78 is 7.01. The summed E-state index contributed by atoms with van der Waals surface area (Å²) in [6, 6.07) is 1.85. The lowest BCUT2D eigenvalue weighted by Gasteiger charge is -2.16. The standard InChI is InChI=1S/C24H30N8O6/c1-14(2)38-22-19-20(25-13-26-22)30-17(29-19)12-32-11-7-9-16(23(32)35)27-21(34)15(28-24(36)37)8-5-6-10-18(33)31(3)4/h6-7,9-11,13-15,28H,5,8,12H2,1-4H3,(H,27,34)(H,36,37)(H,25,26,29,30)/b10-6+. The molecule has 14 heteroatoms. The van der Waals surface area contributed by atoms with Gasteiger partial charge in [0, 0.05) is 20.3 Å². The van der Waals surface area contributed by atoms with Crippen molar-refractivity contribution in [2.45, 2.75) is 45.4 Å². The van der Waals surface area contributed by atoms with Crippen molar-refractivity contribution in [2.24, 2.45) is 0 Å². The van der Waals surface area contributed by atoms with Gasteiger partial charge in [-0.05, 0) is 44.9 Å². The number of aromatic nitrogens is 5. The SMILES string of the molecule is CC(C)Oc1ncnc2nc(Cn3cccc(NC(=O)C(CC/C=C/C(=O)N(C)C)NC(=O)O)c3=O)[nH]c12. The summed E-state index contributed by atoms with van der Waals surface area (Å²) in [5, 5.41) is 13.8. The van der Waals surface area contributed by atoms with Crippen molar-refractivity contribution in [1.29, 1.82) is 0 Å². The molecule has 0 saturated carbocycles. The molecule has 1 unspecified atom stereocenters. The van der Waals surface area contributed by atoms with Crippen molar-refractivity contribution in [2.75, 3.05) is 19.4 Å². The zero-order chi connectivity index (χ0) is 27.8. The van der Waals surface area contributed by atoms with Gasteiger partial charge in [-0.1, -0.05) is 6.08 Å². The number of aromatic amines is 1. The van der Waals surface area contributed by atoms with Crippen LogP contribution in [0, 0.1) is 0 Å². The third-order valence-corrected chi connectivity index (χ3v) is 5.19. The Kier molecular flexibility index (Phi) is 9.13. The zero-order valence-corrected chi connectivity index (χ0v) is 21.5. The number of fused-ring (bicyclic) bond motifs is 1. The Morgan fingerprint density at radius 1 is 1.26 bits per heavy atom. The fourth-order valence-corrected chi connectivity index (χ4v) is 3.39. The molecule has 3 amide bonds. The first kappa shape index (κ1) is 27.8. The van der Waals surface area contributed by atoms with Gasteiger partial charge in [-0.3, -0.25) is 14.4 Å². The summed E-state index contributed by atoms with van der Waals surface area (Å²) in [6.45, 7) is 3.77. The number of rotatable bonds is 11. The molecule has 0 aromatic carbocycles. The number of pyridine rings is 1. The van der Waals surface area contributed by atoms with Crippen LogP contribution in [0.2, 0.25) is 0 Å². The van der Waals surface area contributed by atoms with Gasteiger partial charge in [-0.15, -0.1) is 0 Å². The predicted molar refractivity (Wildman–Crippen MR) is 138 cm³/mol. The van der Waals surface area contributed by atoms with Crippen molar-refractivity contribution in [3.8, 4) is 5.88 Å². The molecule has 0 aliphatic carbocycles. The Morgan fingerprint density at radius 3 is 2.71 bits per heavy atom. The summed E-state index contributed by atoms with van der Waals surface area (Å²) in [7, 11) is 3.20. The average molecular weight is 527 g/mol. The number of ether oxygens (including phenoxy) is 1. The first-order chi connectivity index (χ1) is 18.0. The van der Waals surface area contributed by atoms with Crippen LogP contribution in [0.3, 0.4) is 0 Å². The molecule has 3 aromatic heterocycles. The number of allylic oxidation sites excluding steroid dienone is 1. The first-order valence-electron chi connectivity index (χ1n) is 11.8. The van der Waals surface area contributed by atoms with E-state index in [-0.39, 0.29) is 37.1 Å². The number of H-pyrrole nitrogens is 1. The number of nitrogens with one attached hydrogen (secondary N) is 3. The minimum atomic E-state index is -1.39. The first-order valence-corrected chi connectivity index (χ1v) is 11.8. The van der Waals surface area contributed by atoms with E-state index < -0.39 is 23.6 Å². The van der Waals surface area contributed by atoms with E-state index in [1.807, 2.05) is 13.8 Å². The Bertz CT molecular complexity index is 1390. The quantitative estimate of drug-likeness (QED) is 0.268. The number of carboxylic acid groups (broad SMARTS) is 1. The maximum atomic E-state index is 13.0. The van der Waals surface area contributed by atoms with E-state index in [1.54, 1.807) is 26.2 Å².